The van der Waals surface area contributed by atoms with Crippen LogP contribution in [0.25, 0.3) is 0 Å². The molecule has 31 heavy (non-hydrogen) atoms. The van der Waals surface area contributed by atoms with Gasteiger partial charge >= 0.3 is 0 Å². The number of sulfone groups is 1. The molecule has 2 aliphatic carbocycles. The first-order chi connectivity index (χ1) is 14.9. The van der Waals surface area contributed by atoms with Gasteiger partial charge in [0.25, 0.3) is 0 Å². The molecule has 2 amide bonds. The van der Waals surface area contributed by atoms with Gasteiger partial charge < -0.3 is 9.80 Å². The van der Waals surface area contributed by atoms with E-state index in [0.717, 1.165) is 51.6 Å². The highest BCUT2D eigenvalue weighted by molar-refractivity contribution is 7.91. The predicted octanol–water partition coefficient (Wildman–Crippen LogP) is 2.06. The van der Waals surface area contributed by atoms with Crippen molar-refractivity contribution in [3.05, 3.63) is 0 Å². The van der Waals surface area contributed by atoms with E-state index in [1.54, 1.807) is 0 Å². The van der Waals surface area contributed by atoms with Crippen molar-refractivity contribution < 1.29 is 18.0 Å². The zero-order valence-electron chi connectivity index (χ0n) is 18.8. The Labute approximate surface area is 187 Å². The molecule has 0 N–H and O–H groups in total. The van der Waals surface area contributed by atoms with E-state index in [2.05, 4.69) is 4.90 Å². The quantitative estimate of drug-likeness (QED) is 0.637. The highest BCUT2D eigenvalue weighted by atomic mass is 32.2. The molecule has 2 saturated heterocycles. The Morgan fingerprint density at radius 1 is 0.774 bits per heavy atom. The van der Waals surface area contributed by atoms with Gasteiger partial charge in [0.2, 0.25) is 11.8 Å². The maximum Gasteiger partial charge on any atom is 0.237 e. The zero-order chi connectivity index (χ0) is 21.8. The third-order valence-electron chi connectivity index (χ3n) is 7.86. The van der Waals surface area contributed by atoms with Crippen LogP contribution in [0, 0.1) is 5.92 Å². The molecule has 0 bridgehead atoms. The van der Waals surface area contributed by atoms with Crippen molar-refractivity contribution in [1.82, 2.24) is 14.7 Å². The zero-order valence-corrected chi connectivity index (χ0v) is 19.7. The summed E-state index contributed by atoms with van der Waals surface area (Å²) in [5.41, 5.74) is 0. The van der Waals surface area contributed by atoms with Crippen molar-refractivity contribution in [2.45, 2.75) is 82.7 Å². The van der Waals surface area contributed by atoms with Gasteiger partial charge in [-0.3, -0.25) is 14.5 Å². The Morgan fingerprint density at radius 3 is 1.97 bits per heavy atom. The fourth-order valence-corrected chi connectivity index (χ4v) is 7.78. The van der Waals surface area contributed by atoms with Gasteiger partial charge in [-0.15, -0.1) is 0 Å². The predicted molar refractivity (Wildman–Crippen MR) is 120 cm³/mol. The molecule has 176 valence electrons. The second-order valence-corrected chi connectivity index (χ2v) is 12.3. The first-order valence-electron chi connectivity index (χ1n) is 12.5. The van der Waals surface area contributed by atoms with E-state index in [0.29, 0.717) is 32.0 Å². The van der Waals surface area contributed by atoms with Crippen LogP contribution in [0.2, 0.25) is 0 Å². The lowest BCUT2D eigenvalue weighted by molar-refractivity contribution is -0.140. The van der Waals surface area contributed by atoms with Crippen LogP contribution in [0.4, 0.5) is 0 Å². The summed E-state index contributed by atoms with van der Waals surface area (Å²) in [5.74, 6) is 0.925. The van der Waals surface area contributed by atoms with E-state index < -0.39 is 9.84 Å². The smallest absolute Gasteiger partial charge is 0.237 e. The SMILES string of the molecule is O=C(C1CCCCC1)N1CCN(CC(=O)N(C2CCCCC2)C2CCS(=O)(=O)C2)CC1. The molecule has 4 fully saturated rings. The third kappa shape index (κ3) is 5.81. The minimum atomic E-state index is -3.03. The molecule has 8 heteroatoms. The second-order valence-electron chi connectivity index (χ2n) is 10.1. The highest BCUT2D eigenvalue weighted by Crippen LogP contribution is 2.29. The first-order valence-corrected chi connectivity index (χ1v) is 14.3. The topological polar surface area (TPSA) is 78.0 Å². The van der Waals surface area contributed by atoms with Crippen molar-refractivity contribution in [3.63, 3.8) is 0 Å². The summed E-state index contributed by atoms with van der Waals surface area (Å²) >= 11 is 0. The summed E-state index contributed by atoms with van der Waals surface area (Å²) in [6, 6.07) is 0.0310. The second kappa shape index (κ2) is 10.2. The van der Waals surface area contributed by atoms with Crippen LogP contribution in [0.1, 0.15) is 70.6 Å². The van der Waals surface area contributed by atoms with Gasteiger partial charge in [-0.05, 0) is 32.1 Å². The van der Waals surface area contributed by atoms with E-state index in [9.17, 15) is 18.0 Å². The highest BCUT2D eigenvalue weighted by Gasteiger charge is 2.39. The van der Waals surface area contributed by atoms with Crippen LogP contribution in [0.15, 0.2) is 0 Å². The van der Waals surface area contributed by atoms with Gasteiger partial charge in [0, 0.05) is 44.2 Å². The summed E-state index contributed by atoms with van der Waals surface area (Å²) in [5, 5.41) is 0. The maximum atomic E-state index is 13.4. The lowest BCUT2D eigenvalue weighted by Gasteiger charge is -2.41. The molecule has 0 aromatic rings. The van der Waals surface area contributed by atoms with Crippen molar-refractivity contribution in [3.8, 4) is 0 Å². The standard InChI is InChI=1S/C23H39N3O4S/c27-22(26(20-9-5-2-6-10-20)21-11-16-31(29,30)18-21)17-24-12-14-25(15-13-24)23(28)19-7-3-1-4-8-19/h19-21H,1-18H2. The van der Waals surface area contributed by atoms with Crippen molar-refractivity contribution >= 4 is 21.7 Å². The van der Waals surface area contributed by atoms with E-state index in [1.165, 1.54) is 25.7 Å². The molecule has 4 rings (SSSR count). The summed E-state index contributed by atoms with van der Waals surface area (Å²) < 4.78 is 24.2. The normalized spacial score (nSPS) is 28.5. The van der Waals surface area contributed by atoms with Gasteiger partial charge in [-0.1, -0.05) is 38.5 Å². The van der Waals surface area contributed by atoms with E-state index in [-0.39, 0.29) is 35.4 Å². The van der Waals surface area contributed by atoms with Crippen LogP contribution >= 0.6 is 0 Å². The number of nitrogens with zero attached hydrogens (tertiary/aromatic N) is 3. The molecule has 1 unspecified atom stereocenters. The van der Waals surface area contributed by atoms with Crippen LogP contribution in [0.5, 0.6) is 0 Å². The Hall–Kier alpha value is -1.15. The Bertz CT molecular complexity index is 736. The number of hydrogen-bond donors (Lipinski definition) is 0. The van der Waals surface area contributed by atoms with Crippen molar-refractivity contribution in [1.29, 1.82) is 0 Å². The number of carbonyl (C=O) groups excluding carboxylic acids is 2. The van der Waals surface area contributed by atoms with Crippen LogP contribution in [0.3, 0.4) is 0 Å². The van der Waals surface area contributed by atoms with Crippen LogP contribution in [-0.2, 0) is 19.4 Å². The molecule has 2 heterocycles. The fraction of sp³-hybridized carbons (Fsp3) is 0.913. The summed E-state index contributed by atoms with van der Waals surface area (Å²) in [4.78, 5) is 32.3. The Kier molecular flexibility index (Phi) is 7.57. The molecule has 1 atom stereocenters. The Balaban J connectivity index is 1.32. The van der Waals surface area contributed by atoms with Gasteiger partial charge in [0.1, 0.15) is 0 Å². The molecule has 0 spiro atoms. The summed E-state index contributed by atoms with van der Waals surface area (Å²) in [6.07, 6.45) is 11.6. The first kappa shape index (κ1) is 23.0. The average Bonchev–Trinajstić information content (AvgIpc) is 3.14. The van der Waals surface area contributed by atoms with Gasteiger partial charge in [-0.25, -0.2) is 8.42 Å². The molecular formula is C23H39N3O4S. The number of piperazine rings is 1. The molecule has 0 aromatic carbocycles. The lowest BCUT2D eigenvalue weighted by Crippen LogP contribution is -2.55. The molecule has 7 nitrogen and oxygen atoms in total. The maximum absolute atomic E-state index is 13.4. The minimum Gasteiger partial charge on any atom is -0.340 e. The van der Waals surface area contributed by atoms with E-state index >= 15 is 0 Å². The molecule has 2 saturated carbocycles. The van der Waals surface area contributed by atoms with E-state index in [1.807, 2.05) is 9.80 Å². The lowest BCUT2D eigenvalue weighted by atomic mass is 9.88. The van der Waals surface area contributed by atoms with E-state index in [4.69, 9.17) is 0 Å². The summed E-state index contributed by atoms with van der Waals surface area (Å²) in [6.45, 7) is 3.20. The average molecular weight is 454 g/mol. The fourth-order valence-electron chi connectivity index (χ4n) is 6.07. The molecular weight excluding hydrogens is 414 g/mol. The molecule has 4 aliphatic rings. The van der Waals surface area contributed by atoms with Crippen LogP contribution < -0.4 is 0 Å². The number of amides is 2. The minimum absolute atomic E-state index is 0.0843. The number of hydrogen-bond acceptors (Lipinski definition) is 5. The van der Waals surface area contributed by atoms with Crippen molar-refractivity contribution in [2.24, 2.45) is 5.92 Å². The Morgan fingerprint density at radius 2 is 1.39 bits per heavy atom. The number of carbonyl (C=O) groups is 2. The molecule has 2 aliphatic heterocycles. The van der Waals surface area contributed by atoms with Crippen LogP contribution in [-0.4, -0.2) is 91.2 Å². The van der Waals surface area contributed by atoms with Gasteiger partial charge in [0.15, 0.2) is 9.84 Å². The van der Waals surface area contributed by atoms with Crippen molar-refractivity contribution in [2.75, 3.05) is 44.2 Å². The largest absolute Gasteiger partial charge is 0.340 e. The summed E-state index contributed by atoms with van der Waals surface area (Å²) in [7, 11) is -3.03. The molecule has 0 aromatic heterocycles. The molecule has 0 radical (unpaired) electrons. The number of rotatable bonds is 5. The third-order valence-corrected chi connectivity index (χ3v) is 9.61. The van der Waals surface area contributed by atoms with Gasteiger partial charge in [-0.2, -0.15) is 0 Å². The van der Waals surface area contributed by atoms with Gasteiger partial charge in [0.05, 0.1) is 18.1 Å². The monoisotopic (exact) mass is 453 g/mol.